The molecule has 0 aromatic carbocycles. The molecule has 1 aliphatic carbocycles. The van der Waals surface area contributed by atoms with Crippen LogP contribution in [0.3, 0.4) is 0 Å². The average molecular weight is 449 g/mol. The lowest BCUT2D eigenvalue weighted by Crippen LogP contribution is -2.35. The average Bonchev–Trinajstić information content (AvgIpc) is 3.04. The van der Waals surface area contributed by atoms with Crippen molar-refractivity contribution in [2.45, 2.75) is 78.6 Å². The van der Waals surface area contributed by atoms with Gasteiger partial charge in [-0.15, -0.1) is 0 Å². The van der Waals surface area contributed by atoms with E-state index in [2.05, 4.69) is 6.58 Å². The number of esters is 3. The first-order chi connectivity index (χ1) is 15.1. The van der Waals surface area contributed by atoms with E-state index in [4.69, 9.17) is 14.2 Å². The fourth-order valence-corrected chi connectivity index (χ4v) is 3.65. The van der Waals surface area contributed by atoms with Gasteiger partial charge in [-0.1, -0.05) is 45.9 Å². The van der Waals surface area contributed by atoms with Gasteiger partial charge in [-0.3, -0.25) is 9.59 Å². The third-order valence-electron chi connectivity index (χ3n) is 6.36. The van der Waals surface area contributed by atoms with Crippen LogP contribution in [0.25, 0.3) is 0 Å². The van der Waals surface area contributed by atoms with E-state index in [-0.39, 0.29) is 30.0 Å². The van der Waals surface area contributed by atoms with E-state index in [9.17, 15) is 19.5 Å². The predicted octanol–water partition coefficient (Wildman–Crippen LogP) is 3.66. The highest BCUT2D eigenvalue weighted by Gasteiger charge is 2.45. The Hall–Kier alpha value is -2.41. The molecule has 0 bridgehead atoms. The van der Waals surface area contributed by atoms with Crippen LogP contribution in [0.15, 0.2) is 35.5 Å². The van der Waals surface area contributed by atoms with E-state index < -0.39 is 36.2 Å². The van der Waals surface area contributed by atoms with Crippen molar-refractivity contribution in [2.24, 2.45) is 17.8 Å². The Kier molecular flexibility index (Phi) is 9.25. The smallest absolute Gasteiger partial charge is 0.334 e. The zero-order valence-corrected chi connectivity index (χ0v) is 19.8. The van der Waals surface area contributed by atoms with Gasteiger partial charge in [-0.05, 0) is 37.8 Å². The second-order valence-corrected chi connectivity index (χ2v) is 8.87. The molecule has 1 saturated heterocycles. The molecular formula is C25H36O7. The first-order valence-corrected chi connectivity index (χ1v) is 11.4. The van der Waals surface area contributed by atoms with Crippen molar-refractivity contribution in [3.05, 3.63) is 35.5 Å². The molecule has 0 spiro atoms. The topological polar surface area (TPSA) is 99.1 Å². The van der Waals surface area contributed by atoms with Crippen LogP contribution in [0.4, 0.5) is 0 Å². The second kappa shape index (κ2) is 11.5. The zero-order valence-electron chi connectivity index (χ0n) is 19.8. The largest absolute Gasteiger partial charge is 0.461 e. The van der Waals surface area contributed by atoms with Gasteiger partial charge < -0.3 is 19.3 Å². The lowest BCUT2D eigenvalue weighted by Gasteiger charge is -2.28. The summed E-state index contributed by atoms with van der Waals surface area (Å²) < 4.78 is 16.8. The van der Waals surface area contributed by atoms with Gasteiger partial charge in [0, 0.05) is 12.0 Å². The van der Waals surface area contributed by atoms with Crippen LogP contribution in [0.2, 0.25) is 0 Å². The second-order valence-electron chi connectivity index (χ2n) is 8.87. The first-order valence-electron chi connectivity index (χ1n) is 11.4. The molecule has 1 aliphatic heterocycles. The lowest BCUT2D eigenvalue weighted by molar-refractivity contribution is -0.154. The van der Waals surface area contributed by atoms with Crippen LogP contribution in [0.5, 0.6) is 0 Å². The molecule has 6 atom stereocenters. The minimum atomic E-state index is -0.928. The maximum absolute atomic E-state index is 12.7. The molecule has 0 amide bonds. The van der Waals surface area contributed by atoms with Crippen molar-refractivity contribution in [1.29, 1.82) is 0 Å². The number of ether oxygens (including phenoxy) is 3. The molecule has 2 aliphatic rings. The molecule has 0 unspecified atom stereocenters. The van der Waals surface area contributed by atoms with Crippen molar-refractivity contribution in [3.8, 4) is 0 Å². The minimum absolute atomic E-state index is 0.132. The number of carbonyl (C=O) groups excluding carboxylic acids is 3. The third kappa shape index (κ3) is 6.31. The van der Waals surface area contributed by atoms with Crippen molar-refractivity contribution >= 4 is 17.9 Å². The van der Waals surface area contributed by atoms with Gasteiger partial charge in [0.25, 0.3) is 0 Å². The number of hydrogen-bond donors (Lipinski definition) is 1. The number of fused-ring (bicyclic) bond motifs is 1. The summed E-state index contributed by atoms with van der Waals surface area (Å²) in [6.45, 7) is 13.0. The number of aliphatic hydroxyl groups is 1. The quantitative estimate of drug-likeness (QED) is 0.275. The zero-order chi connectivity index (χ0) is 24.0. The van der Waals surface area contributed by atoms with Crippen molar-refractivity contribution in [2.75, 3.05) is 6.61 Å². The number of carbonyl (C=O) groups is 3. The Morgan fingerprint density at radius 3 is 2.47 bits per heavy atom. The third-order valence-corrected chi connectivity index (χ3v) is 6.36. The molecule has 7 heteroatoms. The van der Waals surface area contributed by atoms with E-state index in [0.29, 0.717) is 31.3 Å². The van der Waals surface area contributed by atoms with E-state index >= 15 is 0 Å². The lowest BCUT2D eigenvalue weighted by atomic mass is 9.85. The van der Waals surface area contributed by atoms with Crippen LogP contribution in [-0.2, 0) is 28.6 Å². The first kappa shape index (κ1) is 25.8. The molecule has 1 fully saturated rings. The summed E-state index contributed by atoms with van der Waals surface area (Å²) in [6.07, 6.45) is 3.14. The maximum Gasteiger partial charge on any atom is 0.334 e. The van der Waals surface area contributed by atoms with Crippen LogP contribution in [0.1, 0.15) is 60.3 Å². The fourth-order valence-electron chi connectivity index (χ4n) is 3.65. The highest BCUT2D eigenvalue weighted by molar-refractivity contribution is 5.91. The SMILES string of the molecule is C=C1C(=O)O[C@H]2C/C(C)=C/C[C@@H](O)/C(COC(=O)[C@H](C)CC)=C/[C@@H](OC(=O)[C@H](C)CC)[C@H]12. The van der Waals surface area contributed by atoms with E-state index in [0.717, 1.165) is 5.57 Å². The highest BCUT2D eigenvalue weighted by Crippen LogP contribution is 2.37. The Morgan fingerprint density at radius 1 is 1.22 bits per heavy atom. The normalized spacial score (nSPS) is 31.2. The Balaban J connectivity index is 2.44. The summed E-state index contributed by atoms with van der Waals surface area (Å²) in [4.78, 5) is 37.2. The number of aliphatic hydroxyl groups excluding tert-OH is 1. The molecule has 2 rings (SSSR count). The predicted molar refractivity (Wildman–Crippen MR) is 119 cm³/mol. The Bertz CT molecular complexity index is 794. The van der Waals surface area contributed by atoms with Crippen molar-refractivity contribution in [3.63, 3.8) is 0 Å². The molecule has 1 N–H and O–H groups in total. The van der Waals surface area contributed by atoms with E-state index in [1.165, 1.54) is 0 Å². The van der Waals surface area contributed by atoms with Gasteiger partial charge in [0.1, 0.15) is 18.8 Å². The molecule has 0 saturated carbocycles. The summed E-state index contributed by atoms with van der Waals surface area (Å²) in [5.41, 5.74) is 1.58. The Labute approximate surface area is 190 Å². The molecule has 1 heterocycles. The summed E-state index contributed by atoms with van der Waals surface area (Å²) in [7, 11) is 0. The summed E-state index contributed by atoms with van der Waals surface area (Å²) >= 11 is 0. The Morgan fingerprint density at radius 2 is 1.84 bits per heavy atom. The molecule has 32 heavy (non-hydrogen) atoms. The minimum Gasteiger partial charge on any atom is -0.461 e. The fraction of sp³-hybridized carbons (Fsp3) is 0.640. The summed E-state index contributed by atoms with van der Waals surface area (Å²) in [5, 5.41) is 10.8. The van der Waals surface area contributed by atoms with E-state index in [1.807, 2.05) is 26.8 Å². The van der Waals surface area contributed by atoms with Crippen LogP contribution >= 0.6 is 0 Å². The number of hydrogen-bond acceptors (Lipinski definition) is 7. The molecule has 7 nitrogen and oxygen atoms in total. The van der Waals surface area contributed by atoms with Gasteiger partial charge in [-0.25, -0.2) is 4.79 Å². The molecule has 0 aromatic heterocycles. The van der Waals surface area contributed by atoms with Gasteiger partial charge in [0.2, 0.25) is 0 Å². The molecule has 0 aromatic rings. The molecule has 0 radical (unpaired) electrons. The summed E-state index contributed by atoms with van der Waals surface area (Å²) in [5.74, 6) is -2.48. The molecule has 178 valence electrons. The van der Waals surface area contributed by atoms with Gasteiger partial charge in [-0.2, -0.15) is 0 Å². The van der Waals surface area contributed by atoms with Gasteiger partial charge >= 0.3 is 17.9 Å². The van der Waals surface area contributed by atoms with Crippen molar-refractivity contribution in [1.82, 2.24) is 0 Å². The summed E-state index contributed by atoms with van der Waals surface area (Å²) in [6, 6.07) is 0. The van der Waals surface area contributed by atoms with E-state index in [1.54, 1.807) is 19.9 Å². The van der Waals surface area contributed by atoms with Gasteiger partial charge in [0.15, 0.2) is 0 Å². The van der Waals surface area contributed by atoms with Crippen LogP contribution in [-0.4, -0.2) is 47.9 Å². The van der Waals surface area contributed by atoms with Gasteiger partial charge in [0.05, 0.1) is 23.9 Å². The van der Waals surface area contributed by atoms with Crippen molar-refractivity contribution < 1.29 is 33.7 Å². The monoisotopic (exact) mass is 448 g/mol. The standard InChI is InChI=1S/C25H36O7/c1-7-15(4)23(27)30-13-18-12-21(31-24(28)16(5)8-2)22-17(6)25(29)32-20(22)11-14(3)9-10-19(18)26/h9,12,15-16,19-22,26H,6-8,10-11,13H2,1-5H3/b14-9+,18-12+/t15-,16-,19-,20+,21-,22-/m1/s1. The highest BCUT2D eigenvalue weighted by atomic mass is 16.6. The van der Waals surface area contributed by atoms with Crippen LogP contribution in [0, 0.1) is 17.8 Å². The molecular weight excluding hydrogens is 412 g/mol. The maximum atomic E-state index is 12.7. The number of rotatable bonds is 7. The van der Waals surface area contributed by atoms with Crippen LogP contribution < -0.4 is 0 Å².